The molecule has 1 fully saturated rings. The number of anilines is 1. The number of aromatic nitrogens is 4. The number of nitrogen functional groups attached to an aromatic ring is 1. The van der Waals surface area contributed by atoms with E-state index in [4.69, 9.17) is 20.4 Å². The van der Waals surface area contributed by atoms with Crippen molar-refractivity contribution >= 4 is 70.5 Å². The van der Waals surface area contributed by atoms with Crippen LogP contribution in [0.3, 0.4) is 0 Å². The molecule has 38 heavy (non-hydrogen) atoms. The number of halogens is 1. The van der Waals surface area contributed by atoms with Crippen LogP contribution in [0.2, 0.25) is 0 Å². The lowest BCUT2D eigenvalue weighted by atomic mass is 10.1. The van der Waals surface area contributed by atoms with E-state index in [0.29, 0.717) is 36.3 Å². The number of carbonyl (C=O) groups excluding carboxylic acids is 3. The van der Waals surface area contributed by atoms with Crippen LogP contribution in [-0.2, 0) is 34.0 Å². The number of nitrogens with one attached hydrogen (secondary N) is 2. The Hall–Kier alpha value is -3.72. The van der Waals surface area contributed by atoms with Crippen LogP contribution in [0.15, 0.2) is 29.0 Å². The molecule has 0 bridgehead atoms. The molecule has 204 valence electrons. The van der Waals surface area contributed by atoms with Crippen molar-refractivity contribution in [2.75, 3.05) is 12.3 Å². The number of hydrogen-bond donors (Lipinski definition) is 4. The maximum Gasteiger partial charge on any atom is 0.328 e. The molecule has 2 aromatic heterocycles. The van der Waals surface area contributed by atoms with Crippen molar-refractivity contribution in [3.8, 4) is 0 Å². The minimum Gasteiger partial charge on any atom is -0.483 e. The number of fused-ring (bicyclic) bond motifs is 1. The van der Waals surface area contributed by atoms with Gasteiger partial charge in [-0.3, -0.25) is 14.4 Å². The first-order chi connectivity index (χ1) is 17.7. The van der Waals surface area contributed by atoms with Crippen molar-refractivity contribution < 1.29 is 33.6 Å². The summed E-state index contributed by atoms with van der Waals surface area (Å²) in [4.78, 5) is 53.6. The van der Waals surface area contributed by atoms with Crippen molar-refractivity contribution in [2.24, 2.45) is 0 Å². The van der Waals surface area contributed by atoms with Crippen molar-refractivity contribution in [2.45, 2.75) is 45.9 Å². The van der Waals surface area contributed by atoms with E-state index in [0.717, 1.165) is 16.9 Å². The molecule has 4 rings (SSSR count). The third-order valence-corrected chi connectivity index (χ3v) is 6.09. The topological polar surface area (TPSA) is 182 Å². The Morgan fingerprint density at radius 2 is 2.05 bits per heavy atom. The molecule has 3 aromatic rings. The first-order valence-corrected chi connectivity index (χ1v) is 12.2. The molecule has 1 aliphatic heterocycles. The van der Waals surface area contributed by atoms with Crippen molar-refractivity contribution in [1.82, 2.24) is 25.2 Å². The quantitative estimate of drug-likeness (QED) is 0.171. The van der Waals surface area contributed by atoms with E-state index in [9.17, 15) is 14.4 Å². The predicted molar refractivity (Wildman–Crippen MR) is 145 cm³/mol. The van der Waals surface area contributed by atoms with Gasteiger partial charge in [-0.05, 0) is 41.9 Å². The van der Waals surface area contributed by atoms with Crippen LogP contribution in [0.25, 0.3) is 11.0 Å². The van der Waals surface area contributed by atoms with Crippen LogP contribution in [0.4, 0.5) is 5.82 Å². The summed E-state index contributed by atoms with van der Waals surface area (Å²) in [7, 11) is 0. The van der Waals surface area contributed by atoms with Crippen LogP contribution in [0, 0.1) is 0 Å². The highest BCUT2D eigenvalue weighted by Gasteiger charge is 2.29. The number of imidazole rings is 1. The number of benzene rings is 1. The van der Waals surface area contributed by atoms with Gasteiger partial charge in [-0.15, -0.1) is 0 Å². The van der Waals surface area contributed by atoms with E-state index in [-0.39, 0.29) is 43.9 Å². The van der Waals surface area contributed by atoms with Gasteiger partial charge in [0.1, 0.15) is 17.2 Å². The van der Waals surface area contributed by atoms with Gasteiger partial charge >= 0.3 is 5.97 Å². The number of carboxylic acid groups (broad SMARTS) is 1. The molecule has 1 aliphatic rings. The van der Waals surface area contributed by atoms with Gasteiger partial charge in [-0.2, -0.15) is 13.5 Å². The molecule has 0 radical (unpaired) electrons. The highest BCUT2D eigenvalue weighted by atomic mass is 79.9. The van der Waals surface area contributed by atoms with Gasteiger partial charge in [0.25, 0.3) is 24.1 Å². The number of esters is 1. The van der Waals surface area contributed by atoms with Crippen LogP contribution >= 0.6 is 29.4 Å². The van der Waals surface area contributed by atoms with Crippen LogP contribution in [0.1, 0.15) is 46.9 Å². The highest BCUT2D eigenvalue weighted by molar-refractivity contribution is 9.10. The zero-order valence-corrected chi connectivity index (χ0v) is 23.3. The second kappa shape index (κ2) is 13.7. The van der Waals surface area contributed by atoms with Gasteiger partial charge in [0.05, 0.1) is 25.9 Å². The molecule has 2 amide bonds. The third kappa shape index (κ3) is 6.58. The van der Waals surface area contributed by atoms with Crippen LogP contribution in [0.5, 0.6) is 0 Å². The largest absolute Gasteiger partial charge is 0.483 e. The molecule has 5 N–H and O–H groups in total. The monoisotopic (exact) mass is 610 g/mol. The molecule has 1 saturated heterocycles. The van der Waals surface area contributed by atoms with Gasteiger partial charge < -0.3 is 26.2 Å². The Kier molecular flexibility index (Phi) is 11.0. The highest BCUT2D eigenvalue weighted by Crippen LogP contribution is 2.19. The smallest absolute Gasteiger partial charge is 0.328 e. The zero-order valence-electron chi connectivity index (χ0n) is 20.7. The zero-order chi connectivity index (χ0) is 27.1. The van der Waals surface area contributed by atoms with E-state index < -0.39 is 17.9 Å². The number of nitrogens with zero attached hydrogens (tertiary/aromatic N) is 4. The molecule has 15 heteroatoms. The molecule has 1 atom stereocenters. The summed E-state index contributed by atoms with van der Waals surface area (Å²) in [5, 5.41) is 12.5. The Labute approximate surface area is 233 Å². The molecule has 0 unspecified atom stereocenters. The molecule has 1 aromatic carbocycles. The summed E-state index contributed by atoms with van der Waals surface area (Å²) in [6, 6.07) is 4.77. The number of carbonyl (C=O) groups is 4. The average Bonchev–Trinajstić information content (AvgIpc) is 3.43. The average molecular weight is 611 g/mol. The number of amides is 2. The lowest BCUT2D eigenvalue weighted by Gasteiger charge is -2.08. The van der Waals surface area contributed by atoms with Crippen molar-refractivity contribution in [1.29, 1.82) is 0 Å². The summed E-state index contributed by atoms with van der Waals surface area (Å²) in [6.07, 6.45) is 1.89. The fourth-order valence-corrected chi connectivity index (χ4v) is 4.36. The molecular weight excluding hydrogens is 582 g/mol. The minimum atomic E-state index is -0.624. The SMILES string of the molecule is CCn1c(CNC(=O)c2nc(Br)cnc2N)[n+](CC)c2ccc(C(=O)N[C@H]3CCOC3=O)cc21.O=CO.S. The van der Waals surface area contributed by atoms with E-state index >= 15 is 0 Å². The number of ether oxygens (including phenoxy) is 1. The minimum absolute atomic E-state index is 0. The van der Waals surface area contributed by atoms with E-state index in [2.05, 4.69) is 41.1 Å². The standard InChI is InChI=1S/C22H24BrN7O4.CH2O2.H2S/c1-3-29-14-6-5-12(20(31)27-13-7-8-34-22(13)33)9-15(14)30(4-2)17(29)11-26-21(32)18-19(24)25-10-16(23)28-18;2-1-3;/h5-6,9-10,13H,3-4,7-8,11H2,1-2H3,(H3-,24,25,26,27,31,32);1H,(H,2,3);1H2/p+1/t13-;;/m0../s1. The number of nitrogens with two attached hydrogens (primary N) is 1. The maximum atomic E-state index is 12.8. The van der Waals surface area contributed by atoms with Crippen LogP contribution in [-0.4, -0.2) is 56.5 Å². The Bertz CT molecular complexity index is 1350. The number of rotatable bonds is 7. The fourth-order valence-electron chi connectivity index (χ4n) is 4.09. The van der Waals surface area contributed by atoms with E-state index in [1.807, 2.05) is 24.5 Å². The van der Waals surface area contributed by atoms with E-state index in [1.54, 1.807) is 12.1 Å². The molecule has 0 aliphatic carbocycles. The van der Waals surface area contributed by atoms with Crippen molar-refractivity contribution in [3.63, 3.8) is 0 Å². The van der Waals surface area contributed by atoms with E-state index in [1.165, 1.54) is 6.20 Å². The number of hydrogen-bond acceptors (Lipinski definition) is 8. The Morgan fingerprint density at radius 1 is 1.34 bits per heavy atom. The van der Waals surface area contributed by atoms with Gasteiger partial charge in [-0.25, -0.2) is 23.9 Å². The molecule has 0 saturated carbocycles. The third-order valence-electron chi connectivity index (χ3n) is 5.71. The molecular formula is C23H29BrN7O6S+. The van der Waals surface area contributed by atoms with Crippen molar-refractivity contribution in [3.05, 3.63) is 46.1 Å². The first kappa shape index (κ1) is 30.5. The molecule has 13 nitrogen and oxygen atoms in total. The summed E-state index contributed by atoms with van der Waals surface area (Å²) in [5.41, 5.74) is 8.06. The summed E-state index contributed by atoms with van der Waals surface area (Å²) >= 11 is 3.20. The number of aryl methyl sites for hydroxylation is 2. The van der Waals surface area contributed by atoms with Crippen LogP contribution < -0.4 is 20.9 Å². The normalized spacial score (nSPS) is 14.1. The Morgan fingerprint density at radius 3 is 2.66 bits per heavy atom. The number of cyclic esters (lactones) is 1. The second-order valence-corrected chi connectivity index (χ2v) is 8.62. The van der Waals surface area contributed by atoms with Gasteiger partial charge in [0, 0.05) is 18.1 Å². The van der Waals surface area contributed by atoms with Gasteiger partial charge in [0.2, 0.25) is 0 Å². The summed E-state index contributed by atoms with van der Waals surface area (Å²) < 4.78 is 9.44. The lowest BCUT2D eigenvalue weighted by Crippen LogP contribution is -2.40. The summed E-state index contributed by atoms with van der Waals surface area (Å²) in [5.74, 6) is -0.292. The van der Waals surface area contributed by atoms with Gasteiger partial charge in [0.15, 0.2) is 22.5 Å². The second-order valence-electron chi connectivity index (χ2n) is 7.81. The first-order valence-electron chi connectivity index (χ1n) is 11.4. The molecule has 3 heterocycles. The maximum absolute atomic E-state index is 12.8. The lowest BCUT2D eigenvalue weighted by molar-refractivity contribution is -0.676. The summed E-state index contributed by atoms with van der Waals surface area (Å²) in [6.45, 7) is 5.56. The predicted octanol–water partition coefficient (Wildman–Crippen LogP) is 0.892. The molecule has 0 spiro atoms. The Balaban J connectivity index is 0.00000121. The van der Waals surface area contributed by atoms with Gasteiger partial charge in [-0.1, -0.05) is 0 Å². The fraction of sp³-hybridized carbons (Fsp3) is 0.348.